The van der Waals surface area contributed by atoms with Gasteiger partial charge in [0.25, 0.3) is 0 Å². The number of anilines is 4. The number of para-hydroxylation sites is 4. The van der Waals surface area contributed by atoms with Crippen molar-refractivity contribution in [2.45, 2.75) is 39.9 Å². The lowest BCUT2D eigenvalue weighted by molar-refractivity contribution is 0.487. The molecule has 0 saturated heterocycles. The summed E-state index contributed by atoms with van der Waals surface area (Å²) in [6.45, 7) is 1.71. The molecule has 0 fully saturated rings. The van der Waals surface area contributed by atoms with Crippen LogP contribution < -0.4 is 35.3 Å². The number of pyridine rings is 1. The zero-order chi connectivity index (χ0) is 66.0. The summed E-state index contributed by atoms with van der Waals surface area (Å²) in [6, 6.07) is 76.8. The molecule has 0 aliphatic carbocycles. The molecule has 4 heterocycles. The lowest BCUT2D eigenvalue weighted by Gasteiger charge is -2.32. The van der Waals surface area contributed by atoms with Gasteiger partial charge >= 0.3 is 0 Å². The third-order valence-corrected chi connectivity index (χ3v) is 21.7. The van der Waals surface area contributed by atoms with Crippen molar-refractivity contribution in [3.05, 3.63) is 290 Å². The summed E-state index contributed by atoms with van der Waals surface area (Å²) in [5.41, 5.74) is 10.8. The molecule has 0 bridgehead atoms. The van der Waals surface area contributed by atoms with Crippen molar-refractivity contribution in [3.8, 4) is 61.8 Å². The van der Waals surface area contributed by atoms with Gasteiger partial charge in [0, 0.05) is 64.9 Å². The highest BCUT2D eigenvalue weighted by molar-refractivity contribution is 7.22. The fourth-order valence-corrected chi connectivity index (χ4v) is 18.4. The van der Waals surface area contributed by atoms with E-state index >= 15 is 0 Å². The van der Waals surface area contributed by atoms with Crippen molar-refractivity contribution < 1.29 is 19.8 Å². The molecule has 11 aromatic carbocycles. The van der Waals surface area contributed by atoms with Crippen LogP contribution in [-0.4, -0.2) is 24.3 Å². The van der Waals surface area contributed by atoms with Crippen LogP contribution in [0.1, 0.15) is 52.5 Å². The number of fused-ring (bicyclic) bond motifs is 8. The zero-order valence-corrected chi connectivity index (χ0v) is 47.5. The quantitative estimate of drug-likeness (QED) is 0.128. The standard InChI is InChI=1S/C78H62N4OSi/c1-52-25-21-28-55(45-52)66-50-79-73(46-53(66)2)82-67-41-17-15-37-64(67)74-70(82)49-71(77-75(74)65-38-16-20-44-72(65)84(77,60-33-11-7-12-34-60)61-35-13-8-14-36-61)83-59-32-23-31-58(48-59)80-51-81(69-43-19-18-42-68(69)80)76-62(54-26-9-6-10-27-54)39-24-40-63(76)56-29-22-30-57(47-56)78(3,4)5/h6-50H,51H2,1-5H3/i1D3,2D3,6D,9D,10D,26D,27D. The van der Waals surface area contributed by atoms with E-state index in [1.165, 1.54) is 17.3 Å². The first-order valence-corrected chi connectivity index (χ1v) is 30.3. The second kappa shape index (κ2) is 20.2. The first-order valence-electron chi connectivity index (χ1n) is 33.8. The minimum atomic E-state index is -3.37. The molecule has 0 unspecified atom stereocenters. The molecule has 2 aliphatic rings. The molecule has 0 radical (unpaired) electrons. The van der Waals surface area contributed by atoms with Crippen LogP contribution in [0.5, 0.6) is 11.5 Å². The van der Waals surface area contributed by atoms with Crippen molar-refractivity contribution in [3.63, 3.8) is 0 Å². The van der Waals surface area contributed by atoms with Gasteiger partial charge in [-0.05, 0) is 110 Å². The number of hydrogen-bond acceptors (Lipinski definition) is 4. The monoisotopic (exact) mass is 1110 g/mol. The van der Waals surface area contributed by atoms with Crippen LogP contribution in [0.25, 0.3) is 72.1 Å². The van der Waals surface area contributed by atoms with Gasteiger partial charge in [-0.15, -0.1) is 0 Å². The molecule has 15 rings (SSSR count). The molecule has 5 nitrogen and oxygen atoms in total. The minimum absolute atomic E-state index is 0.0149. The number of aryl methyl sites for hydroxylation is 2. The van der Waals surface area contributed by atoms with Crippen LogP contribution in [0.4, 0.5) is 22.7 Å². The summed E-state index contributed by atoms with van der Waals surface area (Å²) in [5, 5.41) is 6.41. The molecule has 2 aliphatic heterocycles. The number of benzene rings is 11. The highest BCUT2D eigenvalue weighted by Gasteiger charge is 2.52. The number of hydrogen-bond donors (Lipinski definition) is 0. The largest absolute Gasteiger partial charge is 0.457 e. The highest BCUT2D eigenvalue weighted by atomic mass is 28.3. The van der Waals surface area contributed by atoms with E-state index in [0.717, 1.165) is 82.2 Å². The molecule has 404 valence electrons. The van der Waals surface area contributed by atoms with Crippen LogP contribution in [0.15, 0.2) is 273 Å². The Morgan fingerprint density at radius 2 is 1.19 bits per heavy atom. The van der Waals surface area contributed by atoms with Crippen molar-refractivity contribution in [2.24, 2.45) is 0 Å². The lowest BCUT2D eigenvalue weighted by atomic mass is 9.85. The Hall–Kier alpha value is -10.0. The van der Waals surface area contributed by atoms with Crippen LogP contribution in [0.2, 0.25) is 0 Å². The van der Waals surface area contributed by atoms with E-state index in [1.807, 2.05) is 95.6 Å². The Bertz CT molecular complexity index is 5190. The normalized spacial score (nSPS) is 15.5. The Kier molecular flexibility index (Phi) is 9.65. The fourth-order valence-electron chi connectivity index (χ4n) is 13.1. The van der Waals surface area contributed by atoms with Gasteiger partial charge < -0.3 is 14.5 Å². The summed E-state index contributed by atoms with van der Waals surface area (Å²) in [4.78, 5) is 9.50. The second-order valence-electron chi connectivity index (χ2n) is 22.7. The second-order valence-corrected chi connectivity index (χ2v) is 26.4. The van der Waals surface area contributed by atoms with Crippen molar-refractivity contribution in [1.29, 1.82) is 0 Å². The summed E-state index contributed by atoms with van der Waals surface area (Å²) < 4.78 is 106. The minimum Gasteiger partial charge on any atom is -0.457 e. The maximum atomic E-state index is 9.34. The van der Waals surface area contributed by atoms with E-state index in [-0.39, 0.29) is 40.9 Å². The predicted octanol–water partition coefficient (Wildman–Crippen LogP) is 17.5. The Balaban J connectivity index is 0.949. The molecule has 0 N–H and O–H groups in total. The van der Waals surface area contributed by atoms with Gasteiger partial charge in [0.15, 0.2) is 8.07 Å². The van der Waals surface area contributed by atoms with E-state index in [2.05, 4.69) is 146 Å². The highest BCUT2D eigenvalue weighted by Crippen LogP contribution is 2.51. The third kappa shape index (κ3) is 8.23. The molecule has 0 atom stereocenters. The molecule has 13 aromatic rings. The van der Waals surface area contributed by atoms with Crippen LogP contribution in [0, 0.1) is 13.7 Å². The van der Waals surface area contributed by atoms with Gasteiger partial charge in [0.05, 0.1) is 34.9 Å². The van der Waals surface area contributed by atoms with E-state index in [1.54, 1.807) is 24.4 Å². The summed E-state index contributed by atoms with van der Waals surface area (Å²) in [5.74, 6) is 1.48. The van der Waals surface area contributed by atoms with Crippen LogP contribution >= 0.6 is 0 Å². The maximum absolute atomic E-state index is 9.34. The van der Waals surface area contributed by atoms with Crippen LogP contribution in [0.3, 0.4) is 0 Å². The fraction of sp³-hybridized carbons (Fsp3) is 0.0897. The molecule has 0 amide bonds. The van der Waals surface area contributed by atoms with Gasteiger partial charge in [-0.2, -0.15) is 0 Å². The lowest BCUT2D eigenvalue weighted by Crippen LogP contribution is -2.73. The van der Waals surface area contributed by atoms with Crippen molar-refractivity contribution in [1.82, 2.24) is 9.55 Å². The van der Waals surface area contributed by atoms with E-state index < -0.39 is 39.9 Å². The molecule has 2 aromatic heterocycles. The molecule has 84 heavy (non-hydrogen) atoms. The maximum Gasteiger partial charge on any atom is 0.185 e. The summed E-state index contributed by atoms with van der Waals surface area (Å²) >= 11 is 0. The molecule has 6 heteroatoms. The average Bonchev–Trinajstić information content (AvgIpc) is 1.51. The van der Waals surface area contributed by atoms with Gasteiger partial charge in [-0.25, -0.2) is 4.98 Å². The first kappa shape index (κ1) is 40.2. The SMILES string of the molecule is [2H]c1c([2H])c([2H])c(-c2cccc(-c3cccc(C(C)(C)C)c3)c2N2CN(c3cccc(Oc4cc5c(c6c4[Si](c4ccccc4)(c4ccccc4)c4ccccc4-6)c4ccccc4n5-c4cc(C([2H])([2H])[2H])c(-c5cccc(C([2H])([2H])[2H])c5)cn4)c3)c3ccccc32)c([2H])c1[2H]. The number of rotatable bonds is 10. The zero-order valence-electron chi connectivity index (χ0n) is 57.5. The Morgan fingerprint density at radius 1 is 0.536 bits per heavy atom. The Morgan fingerprint density at radius 3 is 1.95 bits per heavy atom. The molecule has 0 spiro atoms. The topological polar surface area (TPSA) is 33.5 Å². The predicted molar refractivity (Wildman–Crippen MR) is 354 cm³/mol. The van der Waals surface area contributed by atoms with Crippen molar-refractivity contribution in [2.75, 3.05) is 16.5 Å². The Labute approximate surface area is 508 Å². The first-order chi connectivity index (χ1) is 45.6. The van der Waals surface area contributed by atoms with Gasteiger partial charge in [-0.1, -0.05) is 245 Å². The smallest absolute Gasteiger partial charge is 0.185 e. The molecular formula is C78H62N4OSi. The van der Waals surface area contributed by atoms with Crippen molar-refractivity contribution >= 4 is 73.4 Å². The number of ether oxygens (including phenoxy) is 1. The van der Waals surface area contributed by atoms with E-state index in [4.69, 9.17) is 22.1 Å². The summed E-state index contributed by atoms with van der Waals surface area (Å²) in [6.07, 6.45) is 1.54. The van der Waals surface area contributed by atoms with Gasteiger partial charge in [-0.3, -0.25) is 4.57 Å². The molecule has 0 saturated carbocycles. The third-order valence-electron chi connectivity index (χ3n) is 16.8. The van der Waals surface area contributed by atoms with Gasteiger partial charge in [0.2, 0.25) is 0 Å². The van der Waals surface area contributed by atoms with E-state index in [0.29, 0.717) is 39.7 Å². The van der Waals surface area contributed by atoms with E-state index in [9.17, 15) is 2.74 Å². The number of nitrogens with zero attached hydrogens (tertiary/aromatic N) is 4. The average molecular weight is 1110 g/mol. The molecular weight excluding hydrogens is 1040 g/mol. The number of aromatic nitrogens is 2. The van der Waals surface area contributed by atoms with Gasteiger partial charge in [0.1, 0.15) is 24.0 Å². The summed E-state index contributed by atoms with van der Waals surface area (Å²) in [7, 11) is -3.37. The van der Waals surface area contributed by atoms with Crippen LogP contribution in [-0.2, 0) is 5.41 Å².